The molecular weight excluding hydrogens is 388 g/mol. The highest BCUT2D eigenvalue weighted by atomic mass is 16.5. The van der Waals surface area contributed by atoms with Gasteiger partial charge in [-0.05, 0) is 30.5 Å². The highest BCUT2D eigenvalue weighted by Gasteiger charge is 2.20. The number of carbonyl (C=O) groups is 1. The molecule has 1 fully saturated rings. The summed E-state index contributed by atoms with van der Waals surface area (Å²) in [6.07, 6.45) is 0. The van der Waals surface area contributed by atoms with Crippen molar-refractivity contribution in [1.82, 2.24) is 20.3 Å². The third-order valence-corrected chi connectivity index (χ3v) is 5.79. The molecule has 0 saturated carbocycles. The molecule has 3 aromatic rings. The Bertz CT molecular complexity index is 976. The van der Waals surface area contributed by atoms with Gasteiger partial charge in [-0.1, -0.05) is 59.8 Å². The van der Waals surface area contributed by atoms with Crippen LogP contribution in [-0.2, 0) is 11.3 Å². The molecule has 162 valence electrons. The van der Waals surface area contributed by atoms with Crippen molar-refractivity contribution in [2.45, 2.75) is 26.4 Å². The lowest BCUT2D eigenvalue weighted by Crippen LogP contribution is -2.49. The molecule has 1 aromatic heterocycles. The van der Waals surface area contributed by atoms with Crippen LogP contribution in [0.3, 0.4) is 0 Å². The van der Waals surface area contributed by atoms with Gasteiger partial charge in [0.15, 0.2) is 0 Å². The third kappa shape index (κ3) is 5.81. The van der Waals surface area contributed by atoms with Crippen molar-refractivity contribution in [1.29, 1.82) is 0 Å². The average Bonchev–Trinajstić information content (AvgIpc) is 3.20. The van der Waals surface area contributed by atoms with Crippen molar-refractivity contribution in [2.75, 3.05) is 32.7 Å². The fourth-order valence-corrected chi connectivity index (χ4v) is 4.00. The van der Waals surface area contributed by atoms with Gasteiger partial charge in [-0.15, -0.1) is 0 Å². The molecule has 1 atom stereocenters. The van der Waals surface area contributed by atoms with Crippen molar-refractivity contribution in [3.05, 3.63) is 77.7 Å². The molecule has 1 aliphatic rings. The number of rotatable bonds is 7. The zero-order valence-electron chi connectivity index (χ0n) is 18.3. The standard InChI is InChI=1S/C25H30N4O2/c1-19-16-24(27-31-19)17-28-12-14-29(15-13-28)18-25(30)26-20(2)21-8-10-23(11-9-21)22-6-4-3-5-7-22/h3-11,16,20H,12-15,17-18H2,1-2H3,(H,26,30)/t20-/m1/s1. The van der Waals surface area contributed by atoms with Gasteiger partial charge in [0.2, 0.25) is 5.91 Å². The quantitative estimate of drug-likeness (QED) is 0.635. The van der Waals surface area contributed by atoms with Crippen LogP contribution in [0.1, 0.15) is 30.0 Å². The Morgan fingerprint density at radius 1 is 1.00 bits per heavy atom. The number of aryl methyl sites for hydroxylation is 1. The van der Waals surface area contributed by atoms with Gasteiger partial charge in [0.05, 0.1) is 18.3 Å². The van der Waals surface area contributed by atoms with Crippen LogP contribution < -0.4 is 5.32 Å². The molecule has 4 rings (SSSR count). The topological polar surface area (TPSA) is 61.6 Å². The minimum absolute atomic E-state index is 0.0194. The second-order valence-electron chi connectivity index (χ2n) is 8.26. The molecule has 6 nitrogen and oxygen atoms in total. The van der Waals surface area contributed by atoms with Gasteiger partial charge < -0.3 is 9.84 Å². The van der Waals surface area contributed by atoms with E-state index in [4.69, 9.17) is 4.52 Å². The second-order valence-corrected chi connectivity index (χ2v) is 8.26. The fourth-order valence-electron chi connectivity index (χ4n) is 4.00. The molecular formula is C25H30N4O2. The summed E-state index contributed by atoms with van der Waals surface area (Å²) in [6, 6.07) is 20.7. The smallest absolute Gasteiger partial charge is 0.234 e. The Kier molecular flexibility index (Phi) is 6.79. The lowest BCUT2D eigenvalue weighted by Gasteiger charge is -2.34. The number of nitrogens with zero attached hydrogens (tertiary/aromatic N) is 3. The SMILES string of the molecule is Cc1cc(CN2CCN(CC(=O)N[C@H](C)c3ccc(-c4ccccc4)cc3)CC2)no1. The first-order chi connectivity index (χ1) is 15.1. The van der Waals surface area contributed by atoms with Crippen molar-refractivity contribution in [2.24, 2.45) is 0 Å². The van der Waals surface area contributed by atoms with Crippen LogP contribution in [0.15, 0.2) is 65.2 Å². The van der Waals surface area contributed by atoms with E-state index in [1.165, 1.54) is 11.1 Å². The predicted octanol–water partition coefficient (Wildman–Crippen LogP) is 3.65. The number of nitrogens with one attached hydrogen (secondary N) is 1. The summed E-state index contributed by atoms with van der Waals surface area (Å²) in [5, 5.41) is 7.21. The summed E-state index contributed by atoms with van der Waals surface area (Å²) in [4.78, 5) is 17.1. The van der Waals surface area contributed by atoms with Crippen LogP contribution in [0.4, 0.5) is 0 Å². The van der Waals surface area contributed by atoms with Gasteiger partial charge in [-0.2, -0.15) is 0 Å². The van der Waals surface area contributed by atoms with Gasteiger partial charge in [0, 0.05) is 38.8 Å². The summed E-state index contributed by atoms with van der Waals surface area (Å²) in [5.41, 5.74) is 4.46. The van der Waals surface area contributed by atoms with Crippen LogP contribution in [0, 0.1) is 6.92 Å². The highest BCUT2D eigenvalue weighted by molar-refractivity contribution is 5.78. The molecule has 0 bridgehead atoms. The maximum atomic E-state index is 12.6. The fraction of sp³-hybridized carbons (Fsp3) is 0.360. The van der Waals surface area contributed by atoms with Gasteiger partial charge in [-0.3, -0.25) is 14.6 Å². The molecule has 0 spiro atoms. The molecule has 1 saturated heterocycles. The molecule has 2 heterocycles. The lowest BCUT2D eigenvalue weighted by molar-refractivity contribution is -0.123. The van der Waals surface area contributed by atoms with Crippen LogP contribution >= 0.6 is 0 Å². The Hall–Kier alpha value is -2.96. The summed E-state index contributed by atoms with van der Waals surface area (Å²) >= 11 is 0. The molecule has 1 aliphatic heterocycles. The lowest BCUT2D eigenvalue weighted by atomic mass is 10.0. The molecule has 31 heavy (non-hydrogen) atoms. The monoisotopic (exact) mass is 418 g/mol. The normalized spacial score (nSPS) is 16.2. The minimum Gasteiger partial charge on any atom is -0.361 e. The van der Waals surface area contributed by atoms with Gasteiger partial charge >= 0.3 is 0 Å². The first-order valence-electron chi connectivity index (χ1n) is 10.9. The number of amides is 1. The summed E-state index contributed by atoms with van der Waals surface area (Å²) in [5.74, 6) is 0.911. The van der Waals surface area contributed by atoms with Gasteiger partial charge in [0.25, 0.3) is 0 Å². The molecule has 2 aromatic carbocycles. The molecule has 1 amide bonds. The zero-order chi connectivity index (χ0) is 21.6. The van der Waals surface area contributed by atoms with E-state index in [2.05, 4.69) is 56.7 Å². The van der Waals surface area contributed by atoms with Crippen molar-refractivity contribution in [3.8, 4) is 11.1 Å². The number of hydrogen-bond acceptors (Lipinski definition) is 5. The van der Waals surface area contributed by atoms with E-state index in [9.17, 15) is 4.79 Å². The number of carbonyl (C=O) groups excluding carboxylic acids is 1. The van der Waals surface area contributed by atoms with E-state index in [1.54, 1.807) is 0 Å². The number of aromatic nitrogens is 1. The van der Waals surface area contributed by atoms with Crippen LogP contribution in [-0.4, -0.2) is 53.6 Å². The van der Waals surface area contributed by atoms with E-state index in [0.717, 1.165) is 49.7 Å². The first kappa shape index (κ1) is 21.3. The Morgan fingerprint density at radius 3 is 2.29 bits per heavy atom. The maximum Gasteiger partial charge on any atom is 0.234 e. The Labute approximate surface area is 183 Å². The van der Waals surface area contributed by atoms with Crippen LogP contribution in [0.2, 0.25) is 0 Å². The maximum absolute atomic E-state index is 12.6. The molecule has 0 radical (unpaired) electrons. The summed E-state index contributed by atoms with van der Waals surface area (Å²) in [6.45, 7) is 8.79. The van der Waals surface area contributed by atoms with E-state index < -0.39 is 0 Å². The average molecular weight is 419 g/mol. The largest absolute Gasteiger partial charge is 0.361 e. The van der Waals surface area contributed by atoms with Gasteiger partial charge in [0.1, 0.15) is 5.76 Å². The molecule has 0 aliphatic carbocycles. The Morgan fingerprint density at radius 2 is 1.65 bits per heavy atom. The highest BCUT2D eigenvalue weighted by Crippen LogP contribution is 2.21. The number of hydrogen-bond donors (Lipinski definition) is 1. The van der Waals surface area contributed by atoms with Gasteiger partial charge in [-0.25, -0.2) is 0 Å². The van der Waals surface area contributed by atoms with Crippen LogP contribution in [0.25, 0.3) is 11.1 Å². The third-order valence-electron chi connectivity index (χ3n) is 5.79. The zero-order valence-corrected chi connectivity index (χ0v) is 18.3. The summed E-state index contributed by atoms with van der Waals surface area (Å²) in [7, 11) is 0. The summed E-state index contributed by atoms with van der Waals surface area (Å²) < 4.78 is 5.14. The van der Waals surface area contributed by atoms with E-state index in [-0.39, 0.29) is 11.9 Å². The number of benzene rings is 2. The predicted molar refractivity (Wildman–Crippen MR) is 121 cm³/mol. The first-order valence-corrected chi connectivity index (χ1v) is 10.9. The van der Waals surface area contributed by atoms with Crippen molar-refractivity contribution in [3.63, 3.8) is 0 Å². The second kappa shape index (κ2) is 9.90. The molecule has 1 N–H and O–H groups in total. The van der Waals surface area contributed by atoms with E-state index in [1.807, 2.05) is 38.1 Å². The number of piperazine rings is 1. The van der Waals surface area contributed by atoms with Crippen molar-refractivity contribution < 1.29 is 9.32 Å². The minimum atomic E-state index is -0.0194. The molecule has 6 heteroatoms. The van der Waals surface area contributed by atoms with Crippen LogP contribution in [0.5, 0.6) is 0 Å². The van der Waals surface area contributed by atoms with Crippen molar-refractivity contribution >= 4 is 5.91 Å². The van der Waals surface area contributed by atoms with E-state index in [0.29, 0.717) is 6.54 Å². The van der Waals surface area contributed by atoms with E-state index >= 15 is 0 Å². The Balaban J connectivity index is 1.22. The molecule has 0 unspecified atom stereocenters.